The van der Waals surface area contributed by atoms with Crippen molar-refractivity contribution in [1.29, 1.82) is 0 Å². The molecule has 2 bridgehead atoms. The van der Waals surface area contributed by atoms with Crippen molar-refractivity contribution < 1.29 is 22.7 Å². The summed E-state index contributed by atoms with van der Waals surface area (Å²) >= 11 is 0. The Kier molecular flexibility index (Phi) is 6.57. The molecule has 2 aromatic rings. The van der Waals surface area contributed by atoms with Crippen LogP contribution in [0.4, 0.5) is 13.2 Å². The summed E-state index contributed by atoms with van der Waals surface area (Å²) < 4.78 is 46.3. The van der Waals surface area contributed by atoms with E-state index in [0.29, 0.717) is 6.61 Å². The van der Waals surface area contributed by atoms with Gasteiger partial charge in [0.15, 0.2) is 11.6 Å². The lowest BCUT2D eigenvalue weighted by Crippen LogP contribution is -2.53. The summed E-state index contributed by atoms with van der Waals surface area (Å²) in [7, 11) is 0. The fourth-order valence-electron chi connectivity index (χ4n) is 5.51. The number of fused-ring (bicyclic) bond motifs is 2. The van der Waals surface area contributed by atoms with E-state index < -0.39 is 11.7 Å². The number of halogens is 3. The van der Waals surface area contributed by atoms with Crippen LogP contribution in [-0.2, 0) is 10.9 Å². The van der Waals surface area contributed by atoms with Gasteiger partial charge >= 0.3 is 6.18 Å². The SMILES string of the molecule is CCN1CCC[C@@H](NC2=C3OCC(C3c3ccccc3)C(C)N2Oc2cccc(C(F)(F)F)c2)C1. The number of hydrogen-bond donors (Lipinski definition) is 1. The largest absolute Gasteiger partial charge is 0.493 e. The van der Waals surface area contributed by atoms with E-state index in [1.807, 2.05) is 18.2 Å². The minimum absolute atomic E-state index is 0.0703. The first kappa shape index (κ1) is 23.9. The van der Waals surface area contributed by atoms with Crippen LogP contribution >= 0.6 is 0 Å². The summed E-state index contributed by atoms with van der Waals surface area (Å²) in [5.41, 5.74) is 0.447. The molecule has 3 heterocycles. The third-order valence-corrected chi connectivity index (χ3v) is 7.40. The highest BCUT2D eigenvalue weighted by molar-refractivity contribution is 5.36. The Morgan fingerprint density at radius 1 is 1.11 bits per heavy atom. The van der Waals surface area contributed by atoms with E-state index in [0.717, 1.165) is 56.2 Å². The maximum atomic E-state index is 13.3. The standard InChI is InChI=1S/C27H32F3N3O2/c1-3-32-14-8-12-21(16-32)31-26-25-24(19-9-5-4-6-10-19)23(17-34-25)18(2)33(26)35-22-13-7-11-20(15-22)27(28,29)30/h4-7,9-11,13,15,18,21,23-24,31H,3,8,12,14,16-17H2,1-2H3/t18?,21-,23?,24?/m1/s1. The van der Waals surface area contributed by atoms with Gasteiger partial charge in [-0.05, 0) is 56.6 Å². The highest BCUT2D eigenvalue weighted by Crippen LogP contribution is 2.48. The number of nitrogens with one attached hydrogen (secondary N) is 1. The van der Waals surface area contributed by atoms with E-state index in [9.17, 15) is 13.2 Å². The third-order valence-electron chi connectivity index (χ3n) is 7.40. The fraction of sp³-hybridized carbons (Fsp3) is 0.481. The molecule has 0 spiro atoms. The van der Waals surface area contributed by atoms with Crippen molar-refractivity contribution >= 4 is 0 Å². The molecule has 1 N–H and O–H groups in total. The predicted octanol–water partition coefficient (Wildman–Crippen LogP) is 5.38. The second kappa shape index (κ2) is 9.64. The number of allylic oxidation sites excluding steroid dienone is 1. The Morgan fingerprint density at radius 2 is 1.91 bits per heavy atom. The molecule has 2 aromatic carbocycles. The zero-order chi connectivity index (χ0) is 24.6. The average Bonchev–Trinajstić information content (AvgIpc) is 3.26. The molecule has 0 saturated carbocycles. The molecule has 8 heteroatoms. The smallest absolute Gasteiger partial charge is 0.416 e. The summed E-state index contributed by atoms with van der Waals surface area (Å²) in [4.78, 5) is 8.60. The van der Waals surface area contributed by atoms with E-state index in [2.05, 4.69) is 36.2 Å². The molecule has 0 aromatic heterocycles. The molecule has 0 aliphatic carbocycles. The molecule has 3 aliphatic heterocycles. The van der Waals surface area contributed by atoms with Crippen molar-refractivity contribution in [3.05, 3.63) is 77.3 Å². The molecular weight excluding hydrogens is 455 g/mol. The molecule has 3 unspecified atom stereocenters. The lowest BCUT2D eigenvalue weighted by atomic mass is 9.80. The van der Waals surface area contributed by atoms with Gasteiger partial charge in [-0.2, -0.15) is 18.2 Å². The molecular formula is C27H32F3N3O2. The molecule has 2 fully saturated rings. The lowest BCUT2D eigenvalue weighted by Gasteiger charge is -2.42. The van der Waals surface area contributed by atoms with Crippen molar-refractivity contribution in [3.8, 4) is 5.75 Å². The topological polar surface area (TPSA) is 37.0 Å². The van der Waals surface area contributed by atoms with Crippen molar-refractivity contribution in [3.63, 3.8) is 0 Å². The van der Waals surface area contributed by atoms with Crippen LogP contribution in [0.5, 0.6) is 5.75 Å². The number of hydrogen-bond acceptors (Lipinski definition) is 5. The summed E-state index contributed by atoms with van der Waals surface area (Å²) in [6, 6.07) is 15.4. The number of likely N-dealkylation sites (tertiary alicyclic amines) is 1. The number of benzene rings is 2. The number of rotatable bonds is 6. The predicted molar refractivity (Wildman–Crippen MR) is 127 cm³/mol. The summed E-state index contributed by atoms with van der Waals surface area (Å²) in [5, 5.41) is 5.43. The highest BCUT2D eigenvalue weighted by Gasteiger charge is 2.49. The monoisotopic (exact) mass is 487 g/mol. The van der Waals surface area contributed by atoms with Gasteiger partial charge in [-0.1, -0.05) is 43.3 Å². The fourth-order valence-corrected chi connectivity index (χ4v) is 5.51. The zero-order valence-corrected chi connectivity index (χ0v) is 20.1. The number of likely N-dealkylation sites (N-methyl/N-ethyl adjacent to an activating group) is 1. The second-order valence-electron chi connectivity index (χ2n) is 9.64. The number of ether oxygens (including phenoxy) is 1. The van der Waals surface area contributed by atoms with E-state index in [-0.39, 0.29) is 29.7 Å². The van der Waals surface area contributed by atoms with Gasteiger partial charge in [0.1, 0.15) is 5.76 Å². The van der Waals surface area contributed by atoms with Crippen LogP contribution in [0.15, 0.2) is 66.2 Å². The molecule has 3 aliphatic rings. The number of alkyl halides is 3. The zero-order valence-electron chi connectivity index (χ0n) is 20.1. The Labute approximate surface area is 204 Å². The van der Waals surface area contributed by atoms with Crippen molar-refractivity contribution in [2.75, 3.05) is 26.2 Å². The molecule has 188 valence electrons. The molecule has 35 heavy (non-hydrogen) atoms. The van der Waals surface area contributed by atoms with E-state index in [1.165, 1.54) is 11.6 Å². The van der Waals surface area contributed by atoms with E-state index in [4.69, 9.17) is 9.57 Å². The molecule has 5 nitrogen and oxygen atoms in total. The number of nitrogens with zero attached hydrogens (tertiary/aromatic N) is 2. The summed E-state index contributed by atoms with van der Waals surface area (Å²) in [5.74, 6) is 1.87. The Balaban J connectivity index is 1.51. The maximum absolute atomic E-state index is 13.3. The van der Waals surface area contributed by atoms with Gasteiger partial charge in [-0.3, -0.25) is 0 Å². The molecule has 4 atom stereocenters. The highest BCUT2D eigenvalue weighted by atomic mass is 19.4. The Bertz CT molecular complexity index is 1060. The minimum atomic E-state index is -4.43. The normalized spacial score (nSPS) is 27.1. The van der Waals surface area contributed by atoms with Crippen molar-refractivity contribution in [1.82, 2.24) is 15.3 Å². The minimum Gasteiger partial charge on any atom is -0.493 e. The van der Waals surface area contributed by atoms with Crippen LogP contribution in [0.25, 0.3) is 0 Å². The van der Waals surface area contributed by atoms with Gasteiger partial charge in [-0.15, -0.1) is 0 Å². The average molecular weight is 488 g/mol. The van der Waals surface area contributed by atoms with Gasteiger partial charge in [0, 0.05) is 18.5 Å². The van der Waals surface area contributed by atoms with E-state index >= 15 is 0 Å². The van der Waals surface area contributed by atoms with Gasteiger partial charge in [0.05, 0.1) is 24.1 Å². The van der Waals surface area contributed by atoms with Gasteiger partial charge in [-0.25, -0.2) is 0 Å². The Hall–Kier alpha value is -2.87. The first-order valence-electron chi connectivity index (χ1n) is 12.4. The lowest BCUT2D eigenvalue weighted by molar-refractivity contribution is -0.138. The molecule has 0 radical (unpaired) electrons. The van der Waals surface area contributed by atoms with Crippen LogP contribution < -0.4 is 10.2 Å². The van der Waals surface area contributed by atoms with Crippen LogP contribution in [-0.4, -0.2) is 48.3 Å². The summed E-state index contributed by atoms with van der Waals surface area (Å²) in [6.45, 7) is 7.71. The number of hydroxylamine groups is 2. The molecule has 0 amide bonds. The third kappa shape index (κ3) is 4.81. The van der Waals surface area contributed by atoms with Crippen LogP contribution in [0.3, 0.4) is 0 Å². The first-order chi connectivity index (χ1) is 16.8. The summed E-state index contributed by atoms with van der Waals surface area (Å²) in [6.07, 6.45) is -2.33. The van der Waals surface area contributed by atoms with Crippen LogP contribution in [0, 0.1) is 5.92 Å². The maximum Gasteiger partial charge on any atom is 0.416 e. The van der Waals surface area contributed by atoms with Crippen LogP contribution in [0.1, 0.15) is 43.7 Å². The molecule has 5 rings (SSSR count). The van der Waals surface area contributed by atoms with Gasteiger partial charge < -0.3 is 19.8 Å². The van der Waals surface area contributed by atoms with E-state index in [1.54, 1.807) is 11.1 Å². The molecule has 2 saturated heterocycles. The second-order valence-corrected chi connectivity index (χ2v) is 9.64. The number of piperidine rings is 1. The first-order valence-corrected chi connectivity index (χ1v) is 12.4. The van der Waals surface area contributed by atoms with Gasteiger partial charge in [0.25, 0.3) is 0 Å². The van der Waals surface area contributed by atoms with Crippen molar-refractivity contribution in [2.45, 2.75) is 50.9 Å². The Morgan fingerprint density at radius 3 is 2.66 bits per heavy atom. The van der Waals surface area contributed by atoms with Crippen LogP contribution in [0.2, 0.25) is 0 Å². The quantitative estimate of drug-likeness (QED) is 0.593. The van der Waals surface area contributed by atoms with Crippen molar-refractivity contribution in [2.24, 2.45) is 5.92 Å². The van der Waals surface area contributed by atoms with Gasteiger partial charge in [0.2, 0.25) is 0 Å².